The topological polar surface area (TPSA) is 65.5 Å². The van der Waals surface area contributed by atoms with E-state index in [-0.39, 0.29) is 0 Å². The lowest BCUT2D eigenvalue weighted by molar-refractivity contribution is -0.604. The number of nitrogens with zero attached hydrogens (tertiary/aromatic N) is 3. The summed E-state index contributed by atoms with van der Waals surface area (Å²) in [5, 5.41) is 14.4. The van der Waals surface area contributed by atoms with Gasteiger partial charge in [-0.3, -0.25) is 4.40 Å². The number of thiazole rings is 1. The number of methoxy groups -OCH3 is 1. The molecular formula is C15H12N4O2S. The number of aromatic nitrogens is 3. The smallest absolute Gasteiger partial charge is 0.203 e. The first kappa shape index (κ1) is 12.9. The van der Waals surface area contributed by atoms with Gasteiger partial charge in [-0.1, -0.05) is 11.3 Å². The number of hydrogen-bond donors (Lipinski definition) is 1. The Balaban J connectivity index is 1.75. The van der Waals surface area contributed by atoms with Crippen LogP contribution < -0.4 is 14.8 Å². The molecule has 0 saturated heterocycles. The molecule has 3 heterocycles. The number of pyridine rings is 1. The molecule has 0 aliphatic carbocycles. The second kappa shape index (κ2) is 4.88. The lowest BCUT2D eigenvalue weighted by Crippen LogP contribution is -2.24. The van der Waals surface area contributed by atoms with Gasteiger partial charge in [0.05, 0.1) is 23.5 Å². The van der Waals surface area contributed by atoms with E-state index in [1.807, 2.05) is 34.9 Å². The molecule has 0 spiro atoms. The summed E-state index contributed by atoms with van der Waals surface area (Å²) in [5.74, 6) is 1.54. The summed E-state index contributed by atoms with van der Waals surface area (Å²) in [6, 6.07) is 9.45. The highest BCUT2D eigenvalue weighted by molar-refractivity contribution is 7.23. The van der Waals surface area contributed by atoms with Crippen molar-refractivity contribution >= 4 is 38.0 Å². The van der Waals surface area contributed by atoms with E-state index in [9.17, 15) is 5.21 Å². The van der Waals surface area contributed by atoms with Crippen molar-refractivity contribution in [2.45, 2.75) is 0 Å². The SMILES string of the molecule is COc1ccc2c(c1)sc1nc(Nc3ccc[n+]([O-])c3)cn12. The monoisotopic (exact) mass is 312 g/mol. The number of anilines is 2. The largest absolute Gasteiger partial charge is 0.619 e. The van der Waals surface area contributed by atoms with Crippen LogP contribution in [0.2, 0.25) is 0 Å². The average Bonchev–Trinajstić information content (AvgIpc) is 3.03. The third-order valence-corrected chi connectivity index (χ3v) is 4.37. The zero-order chi connectivity index (χ0) is 15.1. The maximum atomic E-state index is 11.3. The maximum Gasteiger partial charge on any atom is 0.203 e. The Labute approximate surface area is 129 Å². The predicted octanol–water partition coefficient (Wildman–Crippen LogP) is 2.93. The molecule has 0 amide bonds. The molecule has 3 aromatic heterocycles. The number of imidazole rings is 1. The van der Waals surface area contributed by atoms with Crippen molar-refractivity contribution < 1.29 is 9.47 Å². The van der Waals surface area contributed by atoms with E-state index in [4.69, 9.17) is 4.74 Å². The van der Waals surface area contributed by atoms with Crippen molar-refractivity contribution in [1.29, 1.82) is 0 Å². The van der Waals surface area contributed by atoms with Crippen LogP contribution in [0, 0.1) is 5.21 Å². The van der Waals surface area contributed by atoms with Crippen LogP contribution in [0.15, 0.2) is 48.9 Å². The van der Waals surface area contributed by atoms with Crippen LogP contribution in [0.3, 0.4) is 0 Å². The fourth-order valence-corrected chi connectivity index (χ4v) is 3.38. The highest BCUT2D eigenvalue weighted by Crippen LogP contribution is 2.30. The predicted molar refractivity (Wildman–Crippen MR) is 85.8 cm³/mol. The van der Waals surface area contributed by atoms with Gasteiger partial charge in [0.25, 0.3) is 0 Å². The molecule has 7 heteroatoms. The highest BCUT2D eigenvalue weighted by atomic mass is 32.1. The zero-order valence-electron chi connectivity index (χ0n) is 11.7. The summed E-state index contributed by atoms with van der Waals surface area (Å²) in [4.78, 5) is 5.43. The number of nitrogens with one attached hydrogen (secondary N) is 1. The molecule has 0 aliphatic heterocycles. The van der Waals surface area contributed by atoms with Gasteiger partial charge in [-0.05, 0) is 24.3 Å². The van der Waals surface area contributed by atoms with E-state index >= 15 is 0 Å². The van der Waals surface area contributed by atoms with Crippen LogP contribution in [-0.2, 0) is 0 Å². The number of ether oxygens (including phenoxy) is 1. The third-order valence-electron chi connectivity index (χ3n) is 3.35. The van der Waals surface area contributed by atoms with Gasteiger partial charge in [-0.15, -0.1) is 0 Å². The van der Waals surface area contributed by atoms with Crippen LogP contribution in [0.4, 0.5) is 11.5 Å². The normalized spacial score (nSPS) is 11.1. The molecule has 0 unspecified atom stereocenters. The molecule has 4 aromatic rings. The third kappa shape index (κ3) is 2.11. The van der Waals surface area contributed by atoms with Gasteiger partial charge < -0.3 is 15.3 Å². The number of fused-ring (bicyclic) bond motifs is 3. The Morgan fingerprint density at radius 2 is 2.27 bits per heavy atom. The van der Waals surface area contributed by atoms with E-state index in [0.717, 1.165) is 25.7 Å². The van der Waals surface area contributed by atoms with Gasteiger partial charge in [0.1, 0.15) is 11.4 Å². The van der Waals surface area contributed by atoms with Crippen molar-refractivity contribution in [3.05, 3.63) is 54.1 Å². The molecule has 0 bridgehead atoms. The molecule has 6 nitrogen and oxygen atoms in total. The second-order valence-corrected chi connectivity index (χ2v) is 5.80. The summed E-state index contributed by atoms with van der Waals surface area (Å²) < 4.78 is 9.13. The van der Waals surface area contributed by atoms with E-state index in [1.54, 1.807) is 24.5 Å². The van der Waals surface area contributed by atoms with Gasteiger partial charge >= 0.3 is 0 Å². The summed E-state index contributed by atoms with van der Waals surface area (Å²) in [6.07, 6.45) is 4.83. The van der Waals surface area contributed by atoms with Gasteiger partial charge in [0.15, 0.2) is 17.0 Å². The van der Waals surface area contributed by atoms with Crippen molar-refractivity contribution in [2.75, 3.05) is 12.4 Å². The molecule has 110 valence electrons. The molecule has 0 radical (unpaired) electrons. The fraction of sp³-hybridized carbons (Fsp3) is 0.0667. The van der Waals surface area contributed by atoms with E-state index in [1.165, 1.54) is 12.4 Å². The zero-order valence-corrected chi connectivity index (χ0v) is 12.5. The molecule has 22 heavy (non-hydrogen) atoms. The molecule has 0 aliphatic rings. The lowest BCUT2D eigenvalue weighted by Gasteiger charge is -2.01. The molecule has 0 atom stereocenters. The Hall–Kier alpha value is -2.80. The quantitative estimate of drug-likeness (QED) is 0.466. The lowest BCUT2D eigenvalue weighted by atomic mass is 10.3. The second-order valence-electron chi connectivity index (χ2n) is 4.79. The number of benzene rings is 1. The van der Waals surface area contributed by atoms with Crippen molar-refractivity contribution in [3.63, 3.8) is 0 Å². The molecule has 4 rings (SSSR count). The first-order valence-electron chi connectivity index (χ1n) is 6.64. The number of hydrogen-bond acceptors (Lipinski definition) is 5. The Kier molecular flexibility index (Phi) is 2.87. The minimum absolute atomic E-state index is 0.703. The Bertz CT molecular complexity index is 976. The van der Waals surface area contributed by atoms with E-state index in [2.05, 4.69) is 10.3 Å². The Morgan fingerprint density at radius 3 is 3.09 bits per heavy atom. The molecule has 0 fully saturated rings. The van der Waals surface area contributed by atoms with Crippen molar-refractivity contribution in [2.24, 2.45) is 0 Å². The van der Waals surface area contributed by atoms with Crippen LogP contribution in [0.1, 0.15) is 0 Å². The summed E-state index contributed by atoms with van der Waals surface area (Å²) in [5.41, 5.74) is 1.78. The van der Waals surface area contributed by atoms with Crippen molar-refractivity contribution in [1.82, 2.24) is 9.38 Å². The van der Waals surface area contributed by atoms with E-state index < -0.39 is 0 Å². The fourth-order valence-electron chi connectivity index (χ4n) is 2.35. The van der Waals surface area contributed by atoms with Crippen LogP contribution in [0.5, 0.6) is 5.75 Å². The Morgan fingerprint density at radius 1 is 1.36 bits per heavy atom. The highest BCUT2D eigenvalue weighted by Gasteiger charge is 2.10. The first-order valence-corrected chi connectivity index (χ1v) is 7.46. The summed E-state index contributed by atoms with van der Waals surface area (Å²) >= 11 is 1.59. The molecule has 1 aromatic carbocycles. The van der Waals surface area contributed by atoms with Crippen LogP contribution >= 0.6 is 11.3 Å². The van der Waals surface area contributed by atoms with Gasteiger partial charge in [0, 0.05) is 6.07 Å². The molecular weight excluding hydrogens is 300 g/mol. The summed E-state index contributed by atoms with van der Waals surface area (Å²) in [7, 11) is 1.66. The van der Waals surface area contributed by atoms with Crippen LogP contribution in [0.25, 0.3) is 15.2 Å². The molecule has 1 N–H and O–H groups in total. The summed E-state index contributed by atoms with van der Waals surface area (Å²) in [6.45, 7) is 0. The number of rotatable bonds is 3. The first-order chi connectivity index (χ1) is 10.7. The average molecular weight is 312 g/mol. The maximum absolute atomic E-state index is 11.3. The standard InChI is InChI=1S/C15H12N4O2S/c1-21-11-4-5-12-13(7-11)22-15-17-14(9-19(12)15)16-10-3-2-6-18(20)8-10/h2-9,16H,1H3. The van der Waals surface area contributed by atoms with Crippen molar-refractivity contribution in [3.8, 4) is 5.75 Å². The minimum Gasteiger partial charge on any atom is -0.619 e. The van der Waals surface area contributed by atoms with Crippen LogP contribution in [-0.4, -0.2) is 16.5 Å². The van der Waals surface area contributed by atoms with E-state index in [0.29, 0.717) is 11.5 Å². The molecule has 0 saturated carbocycles. The van der Waals surface area contributed by atoms with Gasteiger partial charge in [-0.2, -0.15) is 4.73 Å². The van der Waals surface area contributed by atoms with Gasteiger partial charge in [-0.25, -0.2) is 4.98 Å². The minimum atomic E-state index is 0.703. The van der Waals surface area contributed by atoms with Gasteiger partial charge in [0.2, 0.25) is 6.20 Å².